The van der Waals surface area contributed by atoms with Crippen LogP contribution in [0.25, 0.3) is 0 Å². The summed E-state index contributed by atoms with van der Waals surface area (Å²) in [6, 6.07) is 4.60. The number of nitrogens with two attached hydrogens (primary N) is 1. The number of rotatable bonds is 5. The van der Waals surface area contributed by atoms with Crippen LogP contribution < -0.4 is 10.5 Å². The summed E-state index contributed by atoms with van der Waals surface area (Å²) in [5.74, 6) is 0.00878. The van der Waals surface area contributed by atoms with Crippen molar-refractivity contribution in [2.24, 2.45) is 11.7 Å². The molecule has 3 N–H and O–H groups in total. The number of hydrogen-bond acceptors (Lipinski definition) is 5. The lowest BCUT2D eigenvalue weighted by Crippen LogP contribution is -2.54. The minimum Gasteiger partial charge on any atom is -0.329 e. The van der Waals surface area contributed by atoms with Gasteiger partial charge in [0.15, 0.2) is 5.69 Å². The SMILES string of the molecule is CC(C)C(C)(CN)NS(=O)(=O)c1cccnc1C#N. The minimum atomic E-state index is -3.83. The van der Waals surface area contributed by atoms with Crippen molar-refractivity contribution in [1.29, 1.82) is 5.26 Å². The maximum atomic E-state index is 12.3. The van der Waals surface area contributed by atoms with Crippen molar-refractivity contribution in [3.05, 3.63) is 24.0 Å². The van der Waals surface area contributed by atoms with Gasteiger partial charge in [0.25, 0.3) is 0 Å². The number of sulfonamides is 1. The number of hydrogen-bond donors (Lipinski definition) is 2. The Morgan fingerprint density at radius 2 is 2.21 bits per heavy atom. The van der Waals surface area contributed by atoms with E-state index in [0.29, 0.717) is 0 Å². The third-order valence-corrected chi connectivity index (χ3v) is 4.88. The largest absolute Gasteiger partial charge is 0.329 e. The van der Waals surface area contributed by atoms with E-state index in [1.54, 1.807) is 13.0 Å². The fourth-order valence-corrected chi connectivity index (χ4v) is 3.10. The third-order valence-electron chi connectivity index (χ3n) is 3.23. The standard InChI is InChI=1S/C12H18N4O2S/c1-9(2)12(3,8-14)16-19(17,18)11-5-4-6-15-10(11)7-13/h4-6,9,16H,8,14H2,1-3H3. The van der Waals surface area contributed by atoms with Crippen LogP contribution in [0.2, 0.25) is 0 Å². The molecule has 1 aromatic rings. The summed E-state index contributed by atoms with van der Waals surface area (Å²) in [5, 5.41) is 8.92. The highest BCUT2D eigenvalue weighted by Crippen LogP contribution is 2.20. The molecule has 0 saturated heterocycles. The van der Waals surface area contributed by atoms with Crippen molar-refractivity contribution in [2.75, 3.05) is 6.54 Å². The molecule has 0 aliphatic rings. The van der Waals surface area contributed by atoms with Gasteiger partial charge in [0.2, 0.25) is 10.0 Å². The zero-order chi connectivity index (χ0) is 14.7. The summed E-state index contributed by atoms with van der Waals surface area (Å²) in [6.07, 6.45) is 1.38. The summed E-state index contributed by atoms with van der Waals surface area (Å²) >= 11 is 0. The van der Waals surface area contributed by atoms with Gasteiger partial charge in [-0.2, -0.15) is 5.26 Å². The molecular weight excluding hydrogens is 264 g/mol. The van der Waals surface area contributed by atoms with Crippen LogP contribution in [0.15, 0.2) is 23.2 Å². The highest BCUT2D eigenvalue weighted by Gasteiger charge is 2.33. The number of nitrogens with zero attached hydrogens (tertiary/aromatic N) is 2. The highest BCUT2D eigenvalue weighted by molar-refractivity contribution is 7.89. The van der Waals surface area contributed by atoms with Gasteiger partial charge in [-0.1, -0.05) is 13.8 Å². The maximum absolute atomic E-state index is 12.3. The predicted octanol–water partition coefficient (Wildman–Crippen LogP) is 0.605. The quantitative estimate of drug-likeness (QED) is 0.822. The normalized spacial score (nSPS) is 14.9. The van der Waals surface area contributed by atoms with Crippen LogP contribution in [0.1, 0.15) is 26.5 Å². The van der Waals surface area contributed by atoms with E-state index in [1.165, 1.54) is 18.3 Å². The van der Waals surface area contributed by atoms with Crippen LogP contribution in [0.4, 0.5) is 0 Å². The molecule has 0 aliphatic carbocycles. The average molecular weight is 282 g/mol. The fourth-order valence-electron chi connectivity index (χ4n) is 1.45. The Bertz CT molecular complexity index is 592. The number of aromatic nitrogens is 1. The Kier molecular flexibility index (Phi) is 4.63. The van der Waals surface area contributed by atoms with Crippen molar-refractivity contribution in [2.45, 2.75) is 31.2 Å². The first-order valence-electron chi connectivity index (χ1n) is 5.86. The maximum Gasteiger partial charge on any atom is 0.244 e. The van der Waals surface area contributed by atoms with Gasteiger partial charge >= 0.3 is 0 Å². The lowest BCUT2D eigenvalue weighted by Gasteiger charge is -2.33. The molecule has 0 aromatic carbocycles. The van der Waals surface area contributed by atoms with Gasteiger partial charge in [-0.15, -0.1) is 0 Å². The highest BCUT2D eigenvalue weighted by atomic mass is 32.2. The molecule has 1 rings (SSSR count). The van der Waals surface area contributed by atoms with Crippen molar-refractivity contribution in [3.63, 3.8) is 0 Å². The molecule has 0 radical (unpaired) electrons. The first-order chi connectivity index (χ1) is 8.77. The molecule has 1 heterocycles. The van der Waals surface area contributed by atoms with E-state index in [0.717, 1.165) is 0 Å². The summed E-state index contributed by atoms with van der Waals surface area (Å²) in [4.78, 5) is 3.63. The minimum absolute atomic E-state index is 0.00878. The molecule has 0 aliphatic heterocycles. The average Bonchev–Trinajstić information content (AvgIpc) is 2.37. The van der Waals surface area contributed by atoms with Crippen LogP contribution in [0.5, 0.6) is 0 Å². The molecule has 0 amide bonds. The lowest BCUT2D eigenvalue weighted by molar-refractivity contribution is 0.315. The third kappa shape index (κ3) is 3.29. The van der Waals surface area contributed by atoms with Gasteiger partial charge in [0, 0.05) is 18.3 Å². The monoisotopic (exact) mass is 282 g/mol. The fraction of sp³-hybridized carbons (Fsp3) is 0.500. The van der Waals surface area contributed by atoms with Gasteiger partial charge in [-0.25, -0.2) is 18.1 Å². The predicted molar refractivity (Wildman–Crippen MR) is 71.6 cm³/mol. The zero-order valence-electron chi connectivity index (χ0n) is 11.2. The molecule has 6 nitrogen and oxygen atoms in total. The van der Waals surface area contributed by atoms with Gasteiger partial charge < -0.3 is 5.73 Å². The van der Waals surface area contributed by atoms with Gasteiger partial charge in [-0.05, 0) is 25.0 Å². The Labute approximate surface area is 113 Å². The van der Waals surface area contributed by atoms with E-state index in [4.69, 9.17) is 11.0 Å². The Morgan fingerprint density at radius 1 is 1.58 bits per heavy atom. The molecule has 7 heteroatoms. The first-order valence-corrected chi connectivity index (χ1v) is 7.34. The van der Waals surface area contributed by atoms with E-state index >= 15 is 0 Å². The Hall–Kier alpha value is -1.49. The number of nitriles is 1. The summed E-state index contributed by atoms with van der Waals surface area (Å²) in [5.41, 5.74) is 4.75. The Balaban J connectivity index is 3.23. The zero-order valence-corrected chi connectivity index (χ0v) is 12.0. The molecule has 0 fully saturated rings. The van der Waals surface area contributed by atoms with E-state index in [-0.39, 0.29) is 23.1 Å². The Morgan fingerprint density at radius 3 is 2.68 bits per heavy atom. The molecule has 0 saturated carbocycles. The molecule has 1 unspecified atom stereocenters. The lowest BCUT2D eigenvalue weighted by atomic mass is 9.90. The first kappa shape index (κ1) is 15.6. The van der Waals surface area contributed by atoms with Gasteiger partial charge in [0.05, 0.1) is 0 Å². The van der Waals surface area contributed by atoms with Crippen LogP contribution in [-0.2, 0) is 10.0 Å². The summed E-state index contributed by atoms with van der Waals surface area (Å²) in [6.45, 7) is 5.65. The van der Waals surface area contributed by atoms with E-state index < -0.39 is 15.6 Å². The van der Waals surface area contributed by atoms with E-state index in [2.05, 4.69) is 9.71 Å². The van der Waals surface area contributed by atoms with Crippen LogP contribution in [0, 0.1) is 17.2 Å². The van der Waals surface area contributed by atoms with Gasteiger partial charge in [0.1, 0.15) is 11.0 Å². The molecule has 1 aromatic heterocycles. The topological polar surface area (TPSA) is 109 Å². The van der Waals surface area contributed by atoms with E-state index in [9.17, 15) is 8.42 Å². The van der Waals surface area contributed by atoms with Crippen molar-refractivity contribution in [1.82, 2.24) is 9.71 Å². The van der Waals surface area contributed by atoms with Gasteiger partial charge in [-0.3, -0.25) is 0 Å². The second-order valence-electron chi connectivity index (χ2n) is 4.84. The van der Waals surface area contributed by atoms with Crippen molar-refractivity contribution >= 4 is 10.0 Å². The van der Waals surface area contributed by atoms with Crippen LogP contribution in [0.3, 0.4) is 0 Å². The molecular formula is C12H18N4O2S. The van der Waals surface area contributed by atoms with Crippen molar-refractivity contribution < 1.29 is 8.42 Å². The van der Waals surface area contributed by atoms with Crippen LogP contribution in [-0.4, -0.2) is 25.5 Å². The smallest absolute Gasteiger partial charge is 0.244 e. The van der Waals surface area contributed by atoms with Crippen molar-refractivity contribution in [3.8, 4) is 6.07 Å². The van der Waals surface area contributed by atoms with E-state index in [1.807, 2.05) is 13.8 Å². The van der Waals surface area contributed by atoms with Crippen LogP contribution >= 0.6 is 0 Å². The number of pyridine rings is 1. The molecule has 0 bridgehead atoms. The summed E-state index contributed by atoms with van der Waals surface area (Å²) in [7, 11) is -3.83. The second-order valence-corrected chi connectivity index (χ2v) is 6.49. The molecule has 104 valence electrons. The number of nitrogens with one attached hydrogen (secondary N) is 1. The molecule has 19 heavy (non-hydrogen) atoms. The summed E-state index contributed by atoms with van der Waals surface area (Å²) < 4.78 is 27.2. The second kappa shape index (κ2) is 5.65. The molecule has 0 spiro atoms. The molecule has 1 atom stereocenters.